The van der Waals surface area contributed by atoms with Crippen molar-refractivity contribution in [3.63, 3.8) is 0 Å². The predicted molar refractivity (Wildman–Crippen MR) is 66.5 cm³/mol. The Morgan fingerprint density at radius 1 is 1.06 bits per heavy atom. The van der Waals surface area contributed by atoms with Gasteiger partial charge in [-0.1, -0.05) is 18.9 Å². The van der Waals surface area contributed by atoms with E-state index in [1.165, 1.54) is 18.4 Å². The third-order valence-electron chi connectivity index (χ3n) is 3.76. The first-order valence-electron chi connectivity index (χ1n) is 6.43. The van der Waals surface area contributed by atoms with Gasteiger partial charge in [0.15, 0.2) is 11.5 Å². The van der Waals surface area contributed by atoms with Crippen LogP contribution in [0.3, 0.4) is 0 Å². The van der Waals surface area contributed by atoms with Crippen molar-refractivity contribution in [2.24, 2.45) is 5.73 Å². The zero-order valence-electron chi connectivity index (χ0n) is 10.1. The number of ether oxygens (including phenoxy) is 2. The lowest BCUT2D eigenvalue weighted by Crippen LogP contribution is -2.38. The molecule has 92 valence electrons. The molecular weight excluding hydrogens is 214 g/mol. The first-order chi connectivity index (χ1) is 8.25. The molecule has 1 fully saturated rings. The lowest BCUT2D eigenvalue weighted by molar-refractivity contribution is 0.171. The minimum atomic E-state index is 0.00373. The molecular formula is C14H19NO2. The lowest BCUT2D eigenvalue weighted by atomic mass is 9.90. The molecule has 0 spiro atoms. The summed E-state index contributed by atoms with van der Waals surface area (Å²) in [5.41, 5.74) is 7.66. The monoisotopic (exact) mass is 233 g/mol. The van der Waals surface area contributed by atoms with Gasteiger partial charge in [-0.15, -0.1) is 0 Å². The fraction of sp³-hybridized carbons (Fsp3) is 0.571. The minimum absolute atomic E-state index is 0.00373. The van der Waals surface area contributed by atoms with E-state index in [-0.39, 0.29) is 5.54 Å². The average Bonchev–Trinajstić information content (AvgIpc) is 2.76. The summed E-state index contributed by atoms with van der Waals surface area (Å²) < 4.78 is 11.1. The van der Waals surface area contributed by atoms with Crippen molar-refractivity contribution in [1.82, 2.24) is 0 Å². The van der Waals surface area contributed by atoms with Crippen LogP contribution >= 0.6 is 0 Å². The van der Waals surface area contributed by atoms with Gasteiger partial charge in [0.1, 0.15) is 13.2 Å². The maximum absolute atomic E-state index is 6.40. The Morgan fingerprint density at radius 2 is 1.76 bits per heavy atom. The van der Waals surface area contributed by atoms with E-state index in [9.17, 15) is 0 Å². The Kier molecular flexibility index (Phi) is 2.71. The highest BCUT2D eigenvalue weighted by molar-refractivity contribution is 5.44. The Labute approximate surface area is 102 Å². The van der Waals surface area contributed by atoms with E-state index in [1.54, 1.807) is 0 Å². The van der Waals surface area contributed by atoms with Gasteiger partial charge in [-0.25, -0.2) is 0 Å². The normalized spacial score (nSPS) is 21.5. The molecule has 3 heteroatoms. The van der Waals surface area contributed by atoms with Gasteiger partial charge in [-0.05, 0) is 37.0 Å². The smallest absolute Gasteiger partial charge is 0.161 e. The lowest BCUT2D eigenvalue weighted by Gasteiger charge is -2.25. The molecule has 2 N–H and O–H groups in total. The Hall–Kier alpha value is -1.22. The van der Waals surface area contributed by atoms with Crippen LogP contribution in [-0.4, -0.2) is 18.8 Å². The van der Waals surface area contributed by atoms with Crippen molar-refractivity contribution < 1.29 is 9.47 Å². The van der Waals surface area contributed by atoms with Gasteiger partial charge in [0.2, 0.25) is 0 Å². The Bertz CT molecular complexity index is 411. The molecule has 3 nitrogen and oxygen atoms in total. The van der Waals surface area contributed by atoms with Crippen LogP contribution < -0.4 is 15.2 Å². The summed E-state index contributed by atoms with van der Waals surface area (Å²) in [6.45, 7) is 1.29. The van der Waals surface area contributed by atoms with Crippen LogP contribution in [0.25, 0.3) is 0 Å². The van der Waals surface area contributed by atoms with E-state index in [4.69, 9.17) is 15.2 Å². The number of fused-ring (bicyclic) bond motifs is 1. The summed E-state index contributed by atoms with van der Waals surface area (Å²) in [5.74, 6) is 1.73. The molecule has 1 aliphatic carbocycles. The average molecular weight is 233 g/mol. The van der Waals surface area contributed by atoms with Gasteiger partial charge in [0.25, 0.3) is 0 Å². The topological polar surface area (TPSA) is 44.5 Å². The zero-order chi connectivity index (χ0) is 11.7. The number of rotatable bonds is 2. The zero-order valence-corrected chi connectivity index (χ0v) is 10.1. The molecule has 1 aliphatic heterocycles. The molecule has 0 radical (unpaired) electrons. The predicted octanol–water partition coefficient (Wildman–Crippen LogP) is 2.27. The molecule has 0 saturated heterocycles. The van der Waals surface area contributed by atoms with Gasteiger partial charge in [-0.2, -0.15) is 0 Å². The second kappa shape index (κ2) is 4.22. The molecule has 17 heavy (non-hydrogen) atoms. The van der Waals surface area contributed by atoms with E-state index in [2.05, 4.69) is 12.1 Å². The van der Waals surface area contributed by atoms with E-state index in [0.29, 0.717) is 13.2 Å². The number of hydrogen-bond acceptors (Lipinski definition) is 3. The first-order valence-corrected chi connectivity index (χ1v) is 6.43. The van der Waals surface area contributed by atoms with Crippen molar-refractivity contribution in [3.05, 3.63) is 23.8 Å². The number of nitrogens with two attached hydrogens (primary N) is 1. The van der Waals surface area contributed by atoms with Gasteiger partial charge in [-0.3, -0.25) is 0 Å². The summed E-state index contributed by atoms with van der Waals surface area (Å²) >= 11 is 0. The quantitative estimate of drug-likeness (QED) is 0.852. The largest absolute Gasteiger partial charge is 0.486 e. The van der Waals surface area contributed by atoms with Gasteiger partial charge in [0, 0.05) is 5.54 Å². The molecule has 0 bridgehead atoms. The SMILES string of the molecule is NC1(Cc2ccc3c(c2)OCCO3)CCCC1. The fourth-order valence-electron chi connectivity index (χ4n) is 2.86. The van der Waals surface area contributed by atoms with Crippen LogP contribution in [-0.2, 0) is 6.42 Å². The van der Waals surface area contributed by atoms with Crippen molar-refractivity contribution >= 4 is 0 Å². The van der Waals surface area contributed by atoms with E-state index in [1.807, 2.05) is 6.07 Å². The minimum Gasteiger partial charge on any atom is -0.486 e. The van der Waals surface area contributed by atoms with E-state index in [0.717, 1.165) is 30.8 Å². The van der Waals surface area contributed by atoms with Crippen LogP contribution in [0.4, 0.5) is 0 Å². The van der Waals surface area contributed by atoms with Crippen LogP contribution in [0.1, 0.15) is 31.2 Å². The highest BCUT2D eigenvalue weighted by atomic mass is 16.6. The number of benzene rings is 1. The fourth-order valence-corrected chi connectivity index (χ4v) is 2.86. The maximum atomic E-state index is 6.40. The maximum Gasteiger partial charge on any atom is 0.161 e. The second-order valence-electron chi connectivity index (χ2n) is 5.22. The van der Waals surface area contributed by atoms with Gasteiger partial charge < -0.3 is 15.2 Å². The van der Waals surface area contributed by atoms with Gasteiger partial charge in [0.05, 0.1) is 0 Å². The van der Waals surface area contributed by atoms with Crippen LogP contribution in [0.2, 0.25) is 0 Å². The first kappa shape index (κ1) is 10.9. The molecule has 1 heterocycles. The molecule has 0 aromatic heterocycles. The standard InChI is InChI=1S/C14H19NO2/c15-14(5-1-2-6-14)10-11-3-4-12-13(9-11)17-8-7-16-12/h3-4,9H,1-2,5-8,10,15H2. The molecule has 1 aromatic rings. The molecule has 0 atom stereocenters. The Morgan fingerprint density at radius 3 is 2.53 bits per heavy atom. The summed E-state index contributed by atoms with van der Waals surface area (Å²) in [6.07, 6.45) is 5.76. The van der Waals surface area contributed by atoms with Crippen LogP contribution in [0, 0.1) is 0 Å². The molecule has 2 aliphatic rings. The molecule has 0 amide bonds. The third-order valence-corrected chi connectivity index (χ3v) is 3.76. The van der Waals surface area contributed by atoms with E-state index >= 15 is 0 Å². The molecule has 0 unspecified atom stereocenters. The molecule has 1 saturated carbocycles. The van der Waals surface area contributed by atoms with Crippen LogP contribution in [0.15, 0.2) is 18.2 Å². The highest BCUT2D eigenvalue weighted by Crippen LogP contribution is 2.34. The van der Waals surface area contributed by atoms with Gasteiger partial charge >= 0.3 is 0 Å². The van der Waals surface area contributed by atoms with Crippen molar-refractivity contribution in [2.75, 3.05) is 13.2 Å². The van der Waals surface area contributed by atoms with Crippen molar-refractivity contribution in [1.29, 1.82) is 0 Å². The van der Waals surface area contributed by atoms with Crippen LogP contribution in [0.5, 0.6) is 11.5 Å². The second-order valence-corrected chi connectivity index (χ2v) is 5.22. The third kappa shape index (κ3) is 2.25. The van der Waals surface area contributed by atoms with E-state index < -0.39 is 0 Å². The molecule has 3 rings (SSSR count). The highest BCUT2D eigenvalue weighted by Gasteiger charge is 2.29. The van der Waals surface area contributed by atoms with Crippen molar-refractivity contribution in [2.45, 2.75) is 37.6 Å². The summed E-state index contributed by atoms with van der Waals surface area (Å²) in [7, 11) is 0. The Balaban J connectivity index is 1.79. The summed E-state index contributed by atoms with van der Waals surface area (Å²) in [6, 6.07) is 6.20. The number of hydrogen-bond donors (Lipinski definition) is 1. The summed E-state index contributed by atoms with van der Waals surface area (Å²) in [4.78, 5) is 0. The molecule has 1 aromatic carbocycles. The van der Waals surface area contributed by atoms with Crippen molar-refractivity contribution in [3.8, 4) is 11.5 Å². The summed E-state index contributed by atoms with van der Waals surface area (Å²) in [5, 5.41) is 0.